The minimum absolute atomic E-state index is 0.106. The molecule has 7 nitrogen and oxygen atoms in total. The van der Waals surface area contributed by atoms with Crippen molar-refractivity contribution in [2.45, 2.75) is 31.6 Å². The topological polar surface area (TPSA) is 72.3 Å². The van der Waals surface area contributed by atoms with Crippen molar-refractivity contribution in [1.29, 1.82) is 0 Å². The Morgan fingerprint density at radius 2 is 1.93 bits per heavy atom. The third-order valence-electron chi connectivity index (χ3n) is 5.18. The van der Waals surface area contributed by atoms with E-state index in [1.165, 1.54) is 0 Å². The van der Waals surface area contributed by atoms with Gasteiger partial charge in [-0.3, -0.25) is 9.69 Å². The highest BCUT2D eigenvalue weighted by atomic mass is 16.5. The van der Waals surface area contributed by atoms with Gasteiger partial charge in [0.15, 0.2) is 5.69 Å². The number of para-hydroxylation sites is 1. The average Bonchev–Trinajstić information content (AvgIpc) is 3.46. The van der Waals surface area contributed by atoms with Crippen molar-refractivity contribution in [3.05, 3.63) is 41.7 Å². The zero-order valence-corrected chi connectivity index (χ0v) is 15.6. The molecule has 7 heteroatoms. The van der Waals surface area contributed by atoms with E-state index in [9.17, 15) is 4.79 Å². The van der Waals surface area contributed by atoms with E-state index in [1.54, 1.807) is 0 Å². The third-order valence-corrected chi connectivity index (χ3v) is 5.18. The van der Waals surface area contributed by atoms with Crippen LogP contribution in [0.2, 0.25) is 0 Å². The van der Waals surface area contributed by atoms with E-state index < -0.39 is 0 Å². The standard InChI is InChI=1S/C20H27N5O2/c26-20(21-10-4-5-11-24-12-14-27-15-13-24)18-19(16-8-9-16)25(23-22-18)17-6-2-1-3-7-17/h1-3,6-7,16H,4-5,8-15H2,(H,21,26). The van der Waals surface area contributed by atoms with Gasteiger partial charge in [-0.25, -0.2) is 4.68 Å². The van der Waals surface area contributed by atoms with Crippen molar-refractivity contribution >= 4 is 5.91 Å². The van der Waals surface area contributed by atoms with Crippen LogP contribution in [0.4, 0.5) is 0 Å². The van der Waals surface area contributed by atoms with Gasteiger partial charge in [0.25, 0.3) is 5.91 Å². The number of nitrogens with zero attached hydrogens (tertiary/aromatic N) is 4. The maximum absolute atomic E-state index is 12.7. The number of amides is 1. The molecule has 1 aliphatic heterocycles. The molecule has 1 saturated carbocycles. The number of hydrogen-bond acceptors (Lipinski definition) is 5. The van der Waals surface area contributed by atoms with E-state index >= 15 is 0 Å². The van der Waals surface area contributed by atoms with Gasteiger partial charge in [-0.15, -0.1) is 5.10 Å². The number of carbonyl (C=O) groups is 1. The zero-order valence-electron chi connectivity index (χ0n) is 15.6. The molecule has 0 bridgehead atoms. The second kappa shape index (κ2) is 8.63. The second-order valence-electron chi connectivity index (χ2n) is 7.26. The minimum atomic E-state index is -0.106. The molecule has 4 rings (SSSR count). The molecule has 1 aromatic heterocycles. The smallest absolute Gasteiger partial charge is 0.273 e. The molecule has 1 saturated heterocycles. The van der Waals surface area contributed by atoms with Crippen LogP contribution in [0.5, 0.6) is 0 Å². The first-order valence-electron chi connectivity index (χ1n) is 9.92. The van der Waals surface area contributed by atoms with Crippen molar-refractivity contribution in [2.75, 3.05) is 39.4 Å². The zero-order chi connectivity index (χ0) is 18.5. The summed E-state index contributed by atoms with van der Waals surface area (Å²) in [5.41, 5.74) is 2.39. The molecule has 2 heterocycles. The summed E-state index contributed by atoms with van der Waals surface area (Å²) < 4.78 is 7.19. The number of benzene rings is 1. The number of unbranched alkanes of at least 4 members (excludes halogenated alkanes) is 1. The Bertz CT molecular complexity index is 751. The summed E-state index contributed by atoms with van der Waals surface area (Å²) in [5, 5.41) is 11.5. The Morgan fingerprint density at radius 3 is 2.67 bits per heavy atom. The summed E-state index contributed by atoms with van der Waals surface area (Å²) in [5.74, 6) is 0.285. The molecule has 1 N–H and O–H groups in total. The number of hydrogen-bond donors (Lipinski definition) is 1. The van der Waals surface area contributed by atoms with Crippen molar-refractivity contribution in [3.63, 3.8) is 0 Å². The Balaban J connectivity index is 1.31. The Kier molecular flexibility index (Phi) is 5.79. The highest BCUT2D eigenvalue weighted by molar-refractivity contribution is 5.93. The van der Waals surface area contributed by atoms with E-state index in [0.717, 1.165) is 69.9 Å². The molecule has 1 aromatic carbocycles. The van der Waals surface area contributed by atoms with Crippen LogP contribution in [-0.2, 0) is 4.74 Å². The minimum Gasteiger partial charge on any atom is -0.379 e. The van der Waals surface area contributed by atoms with Gasteiger partial charge in [0, 0.05) is 25.6 Å². The monoisotopic (exact) mass is 369 g/mol. The van der Waals surface area contributed by atoms with Gasteiger partial charge in [-0.05, 0) is 44.4 Å². The molecule has 2 aromatic rings. The Hall–Kier alpha value is -2.25. The molecule has 144 valence electrons. The number of carbonyl (C=O) groups excluding carboxylic acids is 1. The number of morpholine rings is 1. The molecule has 1 aliphatic carbocycles. The van der Waals surface area contributed by atoms with Crippen molar-refractivity contribution in [2.24, 2.45) is 0 Å². The van der Waals surface area contributed by atoms with Crippen LogP contribution in [0.25, 0.3) is 5.69 Å². The summed E-state index contributed by atoms with van der Waals surface area (Å²) in [7, 11) is 0. The number of rotatable bonds is 8. The van der Waals surface area contributed by atoms with Crippen LogP contribution < -0.4 is 5.32 Å². The van der Waals surface area contributed by atoms with Crippen molar-refractivity contribution in [3.8, 4) is 5.69 Å². The summed E-state index contributed by atoms with van der Waals surface area (Å²) >= 11 is 0. The Morgan fingerprint density at radius 1 is 1.15 bits per heavy atom. The van der Waals surface area contributed by atoms with E-state index in [-0.39, 0.29) is 5.91 Å². The molecule has 0 radical (unpaired) electrons. The van der Waals surface area contributed by atoms with Crippen LogP contribution in [0.15, 0.2) is 30.3 Å². The highest BCUT2D eigenvalue weighted by Gasteiger charge is 2.34. The van der Waals surface area contributed by atoms with Crippen LogP contribution >= 0.6 is 0 Å². The molecule has 0 atom stereocenters. The Labute approximate surface area is 159 Å². The summed E-state index contributed by atoms with van der Waals surface area (Å²) in [4.78, 5) is 15.1. The molecule has 2 aliphatic rings. The lowest BCUT2D eigenvalue weighted by Crippen LogP contribution is -2.37. The quantitative estimate of drug-likeness (QED) is 0.721. The molecule has 0 unspecified atom stereocenters. The van der Waals surface area contributed by atoms with Gasteiger partial charge in [0.2, 0.25) is 0 Å². The largest absolute Gasteiger partial charge is 0.379 e. The fraction of sp³-hybridized carbons (Fsp3) is 0.550. The lowest BCUT2D eigenvalue weighted by atomic mass is 10.2. The van der Waals surface area contributed by atoms with Gasteiger partial charge in [-0.1, -0.05) is 23.4 Å². The predicted octanol–water partition coefficient (Wildman–Crippen LogP) is 1.99. The molecule has 0 spiro atoms. The molecular formula is C20H27N5O2. The van der Waals surface area contributed by atoms with Crippen LogP contribution in [0.1, 0.15) is 47.8 Å². The van der Waals surface area contributed by atoms with Gasteiger partial charge in [-0.2, -0.15) is 0 Å². The summed E-state index contributed by atoms with van der Waals surface area (Å²) in [6.45, 7) is 5.43. The highest BCUT2D eigenvalue weighted by Crippen LogP contribution is 2.41. The summed E-state index contributed by atoms with van der Waals surface area (Å²) in [6.07, 6.45) is 4.24. The second-order valence-corrected chi connectivity index (χ2v) is 7.26. The lowest BCUT2D eigenvalue weighted by Gasteiger charge is -2.26. The molecule has 27 heavy (non-hydrogen) atoms. The number of aromatic nitrogens is 3. The fourth-order valence-corrected chi connectivity index (χ4v) is 3.50. The first-order chi connectivity index (χ1) is 13.3. The van der Waals surface area contributed by atoms with E-state index in [2.05, 4.69) is 20.5 Å². The SMILES string of the molecule is O=C(NCCCCN1CCOCC1)c1nnn(-c2ccccc2)c1C1CC1. The average molecular weight is 369 g/mol. The third kappa shape index (κ3) is 4.54. The van der Waals surface area contributed by atoms with Crippen LogP contribution in [0, 0.1) is 0 Å². The maximum Gasteiger partial charge on any atom is 0.273 e. The van der Waals surface area contributed by atoms with Crippen LogP contribution in [0.3, 0.4) is 0 Å². The van der Waals surface area contributed by atoms with Crippen molar-refractivity contribution in [1.82, 2.24) is 25.2 Å². The van der Waals surface area contributed by atoms with Gasteiger partial charge in [0.1, 0.15) is 0 Å². The lowest BCUT2D eigenvalue weighted by molar-refractivity contribution is 0.0372. The maximum atomic E-state index is 12.7. The van der Waals surface area contributed by atoms with Crippen LogP contribution in [-0.4, -0.2) is 65.2 Å². The molecular weight excluding hydrogens is 342 g/mol. The van der Waals surface area contributed by atoms with Gasteiger partial charge in [0.05, 0.1) is 24.6 Å². The number of nitrogens with one attached hydrogen (secondary N) is 1. The molecule has 2 fully saturated rings. The van der Waals surface area contributed by atoms with Gasteiger partial charge < -0.3 is 10.1 Å². The van der Waals surface area contributed by atoms with E-state index in [1.807, 2.05) is 35.0 Å². The first kappa shape index (κ1) is 18.1. The predicted molar refractivity (Wildman–Crippen MR) is 102 cm³/mol. The van der Waals surface area contributed by atoms with Crippen molar-refractivity contribution < 1.29 is 9.53 Å². The summed E-state index contributed by atoms with van der Waals surface area (Å²) in [6, 6.07) is 9.91. The fourth-order valence-electron chi connectivity index (χ4n) is 3.50. The van der Waals surface area contributed by atoms with E-state index in [4.69, 9.17) is 4.74 Å². The normalized spacial score (nSPS) is 17.8. The van der Waals surface area contributed by atoms with Gasteiger partial charge >= 0.3 is 0 Å². The molecule has 1 amide bonds. The van der Waals surface area contributed by atoms with E-state index in [0.29, 0.717) is 18.2 Å². The first-order valence-corrected chi connectivity index (χ1v) is 9.92. The number of ether oxygens (including phenoxy) is 1.